The van der Waals surface area contributed by atoms with Crippen LogP contribution in [-0.4, -0.2) is 53.3 Å². The van der Waals surface area contributed by atoms with Crippen LogP contribution in [0.15, 0.2) is 0 Å². The number of ether oxygens (including phenoxy) is 1. The molecule has 2 amide bonds. The van der Waals surface area contributed by atoms with E-state index in [2.05, 4.69) is 10.6 Å². The van der Waals surface area contributed by atoms with Crippen LogP contribution in [0.2, 0.25) is 0 Å². The number of urea groups is 1. The summed E-state index contributed by atoms with van der Waals surface area (Å²) < 4.78 is 5.07. The van der Waals surface area contributed by atoms with Crippen molar-refractivity contribution in [2.24, 2.45) is 5.92 Å². The highest BCUT2D eigenvalue weighted by Crippen LogP contribution is 2.33. The molecular formula is C16H22N2O5S. The van der Waals surface area contributed by atoms with Crippen LogP contribution in [0.25, 0.3) is 0 Å². The summed E-state index contributed by atoms with van der Waals surface area (Å²) in [4.78, 5) is 46.0. The van der Waals surface area contributed by atoms with E-state index < -0.39 is 5.92 Å². The fourth-order valence-electron chi connectivity index (χ4n) is 3.47. The van der Waals surface area contributed by atoms with E-state index in [0.29, 0.717) is 18.1 Å². The standard InChI is InChI=1S/C16H22N2O5S/c19-11-5-6-12(20)9(11)7-23-14(21)4-2-1-3-13-15-10(8-24-13)17-16(22)18-15/h9-10,13,15H,1-8H2,(H2,17,18,22)/t10-,13-,15-/m0/s1. The van der Waals surface area contributed by atoms with E-state index >= 15 is 0 Å². The minimum Gasteiger partial charge on any atom is -0.464 e. The first-order valence-electron chi connectivity index (χ1n) is 8.44. The zero-order valence-corrected chi connectivity index (χ0v) is 14.2. The lowest BCUT2D eigenvalue weighted by molar-refractivity contribution is -0.146. The third kappa shape index (κ3) is 3.91. The lowest BCUT2D eigenvalue weighted by Gasteiger charge is -2.16. The molecule has 0 unspecified atom stereocenters. The number of carbonyl (C=O) groups excluding carboxylic acids is 4. The minimum atomic E-state index is -0.737. The second kappa shape index (κ2) is 7.55. The minimum absolute atomic E-state index is 0.0881. The average molecular weight is 354 g/mol. The van der Waals surface area contributed by atoms with Gasteiger partial charge in [-0.3, -0.25) is 14.4 Å². The molecule has 24 heavy (non-hydrogen) atoms. The predicted molar refractivity (Wildman–Crippen MR) is 87.7 cm³/mol. The smallest absolute Gasteiger partial charge is 0.315 e. The van der Waals surface area contributed by atoms with Gasteiger partial charge in [-0.1, -0.05) is 6.42 Å². The fourth-order valence-corrected chi connectivity index (χ4v) is 5.01. The maximum absolute atomic E-state index is 11.7. The van der Waals surface area contributed by atoms with E-state index in [1.165, 1.54) is 0 Å². The van der Waals surface area contributed by atoms with Crippen molar-refractivity contribution >= 4 is 35.3 Å². The van der Waals surface area contributed by atoms with Gasteiger partial charge in [0.25, 0.3) is 0 Å². The van der Waals surface area contributed by atoms with Gasteiger partial charge in [-0.05, 0) is 12.8 Å². The van der Waals surface area contributed by atoms with Gasteiger partial charge >= 0.3 is 12.0 Å². The molecule has 0 aromatic rings. The molecule has 0 bridgehead atoms. The molecule has 0 aromatic carbocycles. The normalized spacial score (nSPS) is 29.5. The first-order valence-corrected chi connectivity index (χ1v) is 9.49. The maximum atomic E-state index is 11.7. The van der Waals surface area contributed by atoms with Crippen LogP contribution < -0.4 is 10.6 Å². The molecule has 0 radical (unpaired) electrons. The zero-order chi connectivity index (χ0) is 17.1. The Labute approximate surface area is 144 Å². The molecule has 3 fully saturated rings. The van der Waals surface area contributed by atoms with Crippen LogP contribution >= 0.6 is 11.8 Å². The number of carbonyl (C=O) groups is 4. The Balaban J connectivity index is 1.29. The van der Waals surface area contributed by atoms with Crippen LogP contribution in [0.1, 0.15) is 38.5 Å². The summed E-state index contributed by atoms with van der Waals surface area (Å²) >= 11 is 1.85. The van der Waals surface area contributed by atoms with Crippen molar-refractivity contribution in [3.05, 3.63) is 0 Å². The number of rotatable bonds is 7. The van der Waals surface area contributed by atoms with Crippen LogP contribution in [-0.2, 0) is 19.1 Å². The van der Waals surface area contributed by atoms with Crippen LogP contribution in [0.4, 0.5) is 4.79 Å². The van der Waals surface area contributed by atoms with Crippen molar-refractivity contribution in [3.8, 4) is 0 Å². The Morgan fingerprint density at radius 1 is 1.12 bits per heavy atom. The molecule has 1 aliphatic carbocycles. The number of thioether (sulfide) groups is 1. The number of Topliss-reactive ketones (excluding diaryl/α,β-unsaturated/α-hetero) is 2. The topological polar surface area (TPSA) is 102 Å². The summed E-state index contributed by atoms with van der Waals surface area (Å²) in [5.41, 5.74) is 0. The van der Waals surface area contributed by atoms with Gasteiger partial charge in [-0.15, -0.1) is 0 Å². The first kappa shape index (κ1) is 17.3. The number of fused-ring (bicyclic) bond motifs is 1. The second-order valence-corrected chi connectivity index (χ2v) is 7.81. The molecule has 1 saturated carbocycles. The third-order valence-corrected chi connectivity index (χ3v) is 6.37. The van der Waals surface area contributed by atoms with E-state index in [1.54, 1.807) is 0 Å². The predicted octanol–water partition coefficient (Wildman–Crippen LogP) is 0.804. The van der Waals surface area contributed by atoms with Crippen molar-refractivity contribution in [2.45, 2.75) is 55.9 Å². The van der Waals surface area contributed by atoms with Gasteiger partial charge in [0.1, 0.15) is 24.1 Å². The highest BCUT2D eigenvalue weighted by Gasteiger charge is 2.42. The summed E-state index contributed by atoms with van der Waals surface area (Å²) in [6.45, 7) is -0.101. The van der Waals surface area contributed by atoms with Crippen molar-refractivity contribution in [2.75, 3.05) is 12.4 Å². The summed E-state index contributed by atoms with van der Waals surface area (Å²) in [7, 11) is 0. The highest BCUT2D eigenvalue weighted by molar-refractivity contribution is 8.00. The Bertz CT molecular complexity index is 537. The largest absolute Gasteiger partial charge is 0.464 e. The summed E-state index contributed by atoms with van der Waals surface area (Å²) in [6, 6.07) is 0.322. The zero-order valence-electron chi connectivity index (χ0n) is 13.4. The quantitative estimate of drug-likeness (QED) is 0.304. The van der Waals surface area contributed by atoms with Gasteiger partial charge in [0.15, 0.2) is 0 Å². The number of hydrogen-bond acceptors (Lipinski definition) is 6. The first-order chi connectivity index (χ1) is 11.5. The lowest BCUT2D eigenvalue weighted by atomic mass is 10.0. The number of esters is 1. The molecule has 132 valence electrons. The van der Waals surface area contributed by atoms with E-state index in [0.717, 1.165) is 18.6 Å². The molecule has 2 aliphatic heterocycles. The van der Waals surface area contributed by atoms with Gasteiger partial charge in [0.05, 0.1) is 12.1 Å². The number of nitrogens with one attached hydrogen (secondary N) is 2. The Morgan fingerprint density at radius 2 is 1.88 bits per heavy atom. The molecule has 3 atom stereocenters. The van der Waals surface area contributed by atoms with Crippen LogP contribution in [0.5, 0.6) is 0 Å². The number of unbranched alkanes of at least 4 members (excludes halogenated alkanes) is 1. The average Bonchev–Trinajstić information content (AvgIpc) is 3.18. The fraction of sp³-hybridized carbons (Fsp3) is 0.750. The number of hydrogen-bond donors (Lipinski definition) is 2. The van der Waals surface area contributed by atoms with Crippen molar-refractivity contribution in [1.29, 1.82) is 0 Å². The molecule has 3 rings (SSSR count). The Morgan fingerprint density at radius 3 is 2.62 bits per heavy atom. The van der Waals surface area contributed by atoms with Crippen LogP contribution in [0, 0.1) is 5.92 Å². The molecule has 2 heterocycles. The summed E-state index contributed by atoms with van der Waals surface area (Å²) in [6.07, 6.45) is 3.38. The maximum Gasteiger partial charge on any atom is 0.315 e. The van der Waals surface area contributed by atoms with Gasteiger partial charge in [-0.2, -0.15) is 11.8 Å². The highest BCUT2D eigenvalue weighted by atomic mass is 32.2. The number of ketones is 2. The molecule has 0 spiro atoms. The SMILES string of the molecule is O=C1N[C@H]2[C@H](CS[C@H]2CCCCC(=O)OCC2C(=O)CCC2=O)N1. The van der Waals surface area contributed by atoms with Crippen molar-refractivity contribution in [3.63, 3.8) is 0 Å². The Kier molecular flexibility index (Phi) is 5.43. The summed E-state index contributed by atoms with van der Waals surface area (Å²) in [5, 5.41) is 6.24. The molecule has 3 aliphatic rings. The van der Waals surface area contributed by atoms with E-state index in [-0.39, 0.29) is 55.1 Å². The van der Waals surface area contributed by atoms with Gasteiger partial charge in [0, 0.05) is 30.3 Å². The van der Waals surface area contributed by atoms with E-state index in [9.17, 15) is 19.2 Å². The molecule has 0 aromatic heterocycles. The summed E-state index contributed by atoms with van der Waals surface area (Å²) in [5.74, 6) is -0.394. The van der Waals surface area contributed by atoms with E-state index in [1.807, 2.05) is 11.8 Å². The van der Waals surface area contributed by atoms with Crippen LogP contribution in [0.3, 0.4) is 0 Å². The third-order valence-electron chi connectivity index (χ3n) is 4.86. The molecule has 7 nitrogen and oxygen atoms in total. The lowest BCUT2D eigenvalue weighted by Crippen LogP contribution is -2.36. The Hall–Kier alpha value is -1.57. The van der Waals surface area contributed by atoms with Gasteiger partial charge in [0.2, 0.25) is 0 Å². The van der Waals surface area contributed by atoms with Crippen molar-refractivity contribution in [1.82, 2.24) is 10.6 Å². The van der Waals surface area contributed by atoms with Gasteiger partial charge < -0.3 is 15.4 Å². The number of amides is 2. The molecule has 8 heteroatoms. The molecular weight excluding hydrogens is 332 g/mol. The molecule has 2 N–H and O–H groups in total. The molecule has 2 saturated heterocycles. The monoisotopic (exact) mass is 354 g/mol. The van der Waals surface area contributed by atoms with E-state index in [4.69, 9.17) is 4.74 Å². The second-order valence-electron chi connectivity index (χ2n) is 6.54. The van der Waals surface area contributed by atoms with Crippen molar-refractivity contribution < 1.29 is 23.9 Å². The van der Waals surface area contributed by atoms with Gasteiger partial charge in [-0.25, -0.2) is 4.79 Å².